The lowest BCUT2D eigenvalue weighted by molar-refractivity contribution is 0.403. The van der Waals surface area contributed by atoms with E-state index < -0.39 is 5.82 Å². The Hall–Kier alpha value is -3.86. The number of anilines is 3. The Bertz CT molecular complexity index is 1350. The van der Waals surface area contributed by atoms with Crippen molar-refractivity contribution in [2.24, 2.45) is 0 Å². The molecule has 1 fully saturated rings. The summed E-state index contributed by atoms with van der Waals surface area (Å²) in [5.74, 6) is 1.35. The average molecular weight is 478 g/mol. The van der Waals surface area contributed by atoms with Gasteiger partial charge in [0.25, 0.3) is 0 Å². The first-order chi connectivity index (χ1) is 16.9. The highest BCUT2D eigenvalue weighted by molar-refractivity contribution is 5.85. The molecule has 10 nitrogen and oxygen atoms in total. The lowest BCUT2D eigenvalue weighted by Crippen LogP contribution is -2.43. The van der Waals surface area contributed by atoms with Crippen LogP contribution in [0.2, 0.25) is 0 Å². The maximum Gasteiger partial charge on any atom is 0.242 e. The number of ether oxygens (including phenoxy) is 1. The maximum atomic E-state index is 14.9. The van der Waals surface area contributed by atoms with E-state index in [1.165, 1.54) is 7.11 Å². The first kappa shape index (κ1) is 22.9. The van der Waals surface area contributed by atoms with Gasteiger partial charge in [-0.3, -0.25) is 0 Å². The summed E-state index contributed by atoms with van der Waals surface area (Å²) in [6.45, 7) is 9.84. The van der Waals surface area contributed by atoms with Crippen molar-refractivity contribution in [2.75, 3.05) is 43.5 Å². The number of piperazine rings is 1. The molecule has 1 saturated heterocycles. The minimum absolute atomic E-state index is 0.0642. The lowest BCUT2D eigenvalue weighted by Gasteiger charge is -2.29. The molecule has 0 saturated carbocycles. The van der Waals surface area contributed by atoms with Crippen LogP contribution in [0.4, 0.5) is 21.8 Å². The van der Waals surface area contributed by atoms with Gasteiger partial charge in [-0.1, -0.05) is 0 Å². The number of rotatable bonds is 6. The van der Waals surface area contributed by atoms with Crippen LogP contribution >= 0.6 is 0 Å². The normalized spacial score (nSPS) is 14.1. The number of nitrogens with zero attached hydrogens (tertiary/aromatic N) is 7. The van der Waals surface area contributed by atoms with Crippen molar-refractivity contribution < 1.29 is 9.13 Å². The van der Waals surface area contributed by atoms with Gasteiger partial charge in [0.1, 0.15) is 17.3 Å². The van der Waals surface area contributed by atoms with Gasteiger partial charge >= 0.3 is 0 Å². The zero-order valence-corrected chi connectivity index (χ0v) is 20.2. The number of aromatic nitrogens is 6. The number of nitrogens with one attached hydrogen (secondary N) is 2. The Labute approximate surface area is 202 Å². The quantitative estimate of drug-likeness (QED) is 0.432. The van der Waals surface area contributed by atoms with Gasteiger partial charge in [0.2, 0.25) is 11.8 Å². The second-order valence-electron chi connectivity index (χ2n) is 8.66. The number of aryl methyl sites for hydroxylation is 1. The molecule has 35 heavy (non-hydrogen) atoms. The Balaban J connectivity index is 1.47. The molecule has 0 radical (unpaired) electrons. The topological polar surface area (TPSA) is 106 Å². The molecule has 1 aliphatic heterocycles. The summed E-state index contributed by atoms with van der Waals surface area (Å²) < 4.78 is 22.4. The molecule has 5 rings (SSSR count). The number of hydrogen-bond donors (Lipinski definition) is 2. The third-order valence-electron chi connectivity index (χ3n) is 5.99. The Morgan fingerprint density at radius 3 is 2.57 bits per heavy atom. The standard InChI is InChI=1S/C24H28FN9O/c1-14(2)34-15(3)29-22-19(34)11-18(30-23(22)35-4)21-17(25)13-28-24(32-21)31-20-6-5-16(12-27-20)33-9-7-26-8-10-33/h5-6,11-14,26H,7-10H2,1-4H3,(H,27,28,31,32). The molecule has 4 aromatic heterocycles. The van der Waals surface area contributed by atoms with Crippen LogP contribution in [0.25, 0.3) is 22.4 Å². The molecule has 0 unspecified atom stereocenters. The summed E-state index contributed by atoms with van der Waals surface area (Å²) in [7, 11) is 1.52. The van der Waals surface area contributed by atoms with Crippen molar-refractivity contribution in [3.63, 3.8) is 0 Å². The zero-order valence-electron chi connectivity index (χ0n) is 20.2. The summed E-state index contributed by atoms with van der Waals surface area (Å²) in [6.07, 6.45) is 2.94. The van der Waals surface area contributed by atoms with Gasteiger partial charge < -0.3 is 24.8 Å². The molecule has 1 aliphatic rings. The van der Waals surface area contributed by atoms with E-state index in [9.17, 15) is 4.39 Å². The van der Waals surface area contributed by atoms with Crippen LogP contribution in [0.3, 0.4) is 0 Å². The van der Waals surface area contributed by atoms with Crippen LogP contribution in [-0.4, -0.2) is 62.8 Å². The largest absolute Gasteiger partial charge is 0.479 e. The van der Waals surface area contributed by atoms with E-state index in [2.05, 4.69) is 58.9 Å². The van der Waals surface area contributed by atoms with Crippen LogP contribution in [0.5, 0.6) is 5.88 Å². The Kier molecular flexibility index (Phi) is 6.16. The number of fused-ring (bicyclic) bond motifs is 1. The van der Waals surface area contributed by atoms with Crippen LogP contribution < -0.4 is 20.3 Å². The highest BCUT2D eigenvalue weighted by atomic mass is 19.1. The smallest absolute Gasteiger partial charge is 0.242 e. The molecule has 0 bridgehead atoms. The van der Waals surface area contributed by atoms with E-state index in [1.54, 1.807) is 6.07 Å². The SMILES string of the molecule is COc1nc(-c2nc(Nc3ccc(N4CCNCC4)cn3)ncc2F)cc2c1nc(C)n2C(C)C. The van der Waals surface area contributed by atoms with Crippen molar-refractivity contribution in [1.82, 2.24) is 34.8 Å². The van der Waals surface area contributed by atoms with Gasteiger partial charge in [-0.15, -0.1) is 0 Å². The average Bonchev–Trinajstić information content (AvgIpc) is 3.21. The summed E-state index contributed by atoms with van der Waals surface area (Å²) in [4.78, 5) is 24.4. The third kappa shape index (κ3) is 4.46. The van der Waals surface area contributed by atoms with E-state index in [1.807, 2.05) is 25.3 Å². The predicted molar refractivity (Wildman–Crippen MR) is 133 cm³/mol. The van der Waals surface area contributed by atoms with Gasteiger partial charge in [0, 0.05) is 32.2 Å². The first-order valence-electron chi connectivity index (χ1n) is 11.6. The van der Waals surface area contributed by atoms with Gasteiger partial charge in [0.05, 0.1) is 36.4 Å². The molecule has 0 aliphatic carbocycles. The molecular formula is C24H28FN9O. The van der Waals surface area contributed by atoms with E-state index in [0.717, 1.165) is 49.4 Å². The number of hydrogen-bond acceptors (Lipinski definition) is 9. The number of halogens is 1. The molecule has 182 valence electrons. The molecule has 0 atom stereocenters. The molecule has 0 amide bonds. The maximum absolute atomic E-state index is 14.9. The fourth-order valence-corrected chi connectivity index (χ4v) is 4.39. The van der Waals surface area contributed by atoms with Crippen molar-refractivity contribution in [3.8, 4) is 17.3 Å². The van der Waals surface area contributed by atoms with Crippen LogP contribution in [-0.2, 0) is 0 Å². The zero-order chi connectivity index (χ0) is 24.5. The highest BCUT2D eigenvalue weighted by Crippen LogP contribution is 2.32. The number of imidazole rings is 1. The fourth-order valence-electron chi connectivity index (χ4n) is 4.39. The fraction of sp³-hybridized carbons (Fsp3) is 0.375. The number of methoxy groups -OCH3 is 1. The summed E-state index contributed by atoms with van der Waals surface area (Å²) in [5, 5.41) is 6.40. The van der Waals surface area contributed by atoms with Crippen molar-refractivity contribution >= 4 is 28.5 Å². The number of pyridine rings is 2. The van der Waals surface area contributed by atoms with Gasteiger partial charge in [0.15, 0.2) is 11.3 Å². The summed E-state index contributed by atoms with van der Waals surface area (Å²) in [5.41, 5.74) is 2.89. The van der Waals surface area contributed by atoms with Crippen molar-refractivity contribution in [2.45, 2.75) is 26.8 Å². The first-order valence-corrected chi connectivity index (χ1v) is 11.6. The van der Waals surface area contributed by atoms with Crippen LogP contribution in [0.15, 0.2) is 30.6 Å². The second-order valence-corrected chi connectivity index (χ2v) is 8.66. The van der Waals surface area contributed by atoms with Crippen molar-refractivity contribution in [1.29, 1.82) is 0 Å². The van der Waals surface area contributed by atoms with E-state index in [-0.39, 0.29) is 17.7 Å². The molecule has 4 aromatic rings. The Morgan fingerprint density at radius 2 is 1.89 bits per heavy atom. The summed E-state index contributed by atoms with van der Waals surface area (Å²) >= 11 is 0. The highest BCUT2D eigenvalue weighted by Gasteiger charge is 2.20. The van der Waals surface area contributed by atoms with E-state index in [0.29, 0.717) is 22.9 Å². The lowest BCUT2D eigenvalue weighted by atomic mass is 10.2. The molecule has 11 heteroatoms. The minimum Gasteiger partial charge on any atom is -0.479 e. The van der Waals surface area contributed by atoms with Gasteiger partial charge in [-0.2, -0.15) is 0 Å². The molecule has 0 spiro atoms. The monoisotopic (exact) mass is 477 g/mol. The third-order valence-corrected chi connectivity index (χ3v) is 5.99. The second kappa shape index (κ2) is 9.41. The van der Waals surface area contributed by atoms with E-state index >= 15 is 0 Å². The molecular weight excluding hydrogens is 449 g/mol. The van der Waals surface area contributed by atoms with Gasteiger partial charge in [-0.25, -0.2) is 29.3 Å². The predicted octanol–water partition coefficient (Wildman–Crippen LogP) is 3.47. The molecule has 0 aromatic carbocycles. The van der Waals surface area contributed by atoms with Crippen LogP contribution in [0.1, 0.15) is 25.7 Å². The Morgan fingerprint density at radius 1 is 1.09 bits per heavy atom. The molecule has 2 N–H and O–H groups in total. The minimum atomic E-state index is -0.584. The van der Waals surface area contributed by atoms with Crippen molar-refractivity contribution in [3.05, 3.63) is 42.2 Å². The molecule has 5 heterocycles. The summed E-state index contributed by atoms with van der Waals surface area (Å²) in [6, 6.07) is 5.80. The van der Waals surface area contributed by atoms with Crippen LogP contribution in [0, 0.1) is 12.7 Å². The van der Waals surface area contributed by atoms with Gasteiger partial charge in [-0.05, 0) is 39.0 Å². The van der Waals surface area contributed by atoms with E-state index in [4.69, 9.17) is 4.74 Å².